The van der Waals surface area contributed by atoms with Gasteiger partial charge in [0.1, 0.15) is 5.82 Å². The first-order valence-electron chi connectivity index (χ1n) is 6.69. The van der Waals surface area contributed by atoms with Crippen LogP contribution >= 0.6 is 0 Å². The van der Waals surface area contributed by atoms with E-state index in [9.17, 15) is 4.79 Å². The molecule has 0 aliphatic carbocycles. The third-order valence-corrected chi connectivity index (χ3v) is 3.49. The predicted molar refractivity (Wildman–Crippen MR) is 73.7 cm³/mol. The molecule has 1 unspecified atom stereocenters. The first-order chi connectivity index (χ1) is 9.24. The summed E-state index contributed by atoms with van der Waals surface area (Å²) in [6, 6.07) is -0.0375. The van der Waals surface area contributed by atoms with E-state index in [1.165, 1.54) is 0 Å². The number of carbonyl (C=O) groups excluding carboxylic acids is 1. The van der Waals surface area contributed by atoms with Gasteiger partial charge in [0.2, 0.25) is 5.91 Å². The Morgan fingerprint density at radius 2 is 2.21 bits per heavy atom. The fraction of sp³-hybridized carbons (Fsp3) is 0.615. The summed E-state index contributed by atoms with van der Waals surface area (Å²) >= 11 is 0. The van der Waals surface area contributed by atoms with E-state index in [0.717, 1.165) is 37.3 Å². The molecule has 1 fully saturated rings. The molecule has 2 heterocycles. The van der Waals surface area contributed by atoms with Gasteiger partial charge in [-0.25, -0.2) is 4.98 Å². The van der Waals surface area contributed by atoms with Crippen molar-refractivity contribution in [3.05, 3.63) is 18.1 Å². The Balaban J connectivity index is 2.03. The quantitative estimate of drug-likeness (QED) is 0.833. The Bertz CT molecular complexity index is 420. The summed E-state index contributed by atoms with van der Waals surface area (Å²) < 4.78 is 0. The van der Waals surface area contributed by atoms with E-state index in [-0.39, 0.29) is 11.9 Å². The summed E-state index contributed by atoms with van der Waals surface area (Å²) in [5.41, 5.74) is 0.898. The molecule has 2 N–H and O–H groups in total. The van der Waals surface area contributed by atoms with Gasteiger partial charge in [-0.3, -0.25) is 14.7 Å². The molecule has 0 saturated carbocycles. The molecule has 1 saturated heterocycles. The van der Waals surface area contributed by atoms with Gasteiger partial charge in [-0.15, -0.1) is 0 Å². The molecular formula is C13H21N5O. The summed E-state index contributed by atoms with van der Waals surface area (Å²) in [7, 11) is 3.51. The molecular weight excluding hydrogens is 242 g/mol. The highest BCUT2D eigenvalue weighted by Gasteiger charge is 2.28. The van der Waals surface area contributed by atoms with Crippen LogP contribution in [0.5, 0.6) is 0 Å². The van der Waals surface area contributed by atoms with Crippen LogP contribution in [-0.4, -0.2) is 47.5 Å². The van der Waals surface area contributed by atoms with E-state index in [1.54, 1.807) is 19.4 Å². The van der Waals surface area contributed by atoms with Crippen LogP contribution in [0.3, 0.4) is 0 Å². The molecule has 1 amide bonds. The van der Waals surface area contributed by atoms with Gasteiger partial charge in [-0.1, -0.05) is 6.42 Å². The maximum Gasteiger partial charge on any atom is 0.237 e. The number of nitrogens with zero attached hydrogens (tertiary/aromatic N) is 3. The molecule has 6 heteroatoms. The summed E-state index contributed by atoms with van der Waals surface area (Å²) in [4.78, 5) is 22.7. The molecule has 0 bridgehead atoms. The highest BCUT2D eigenvalue weighted by atomic mass is 16.2. The van der Waals surface area contributed by atoms with Crippen molar-refractivity contribution >= 4 is 11.7 Å². The molecule has 1 atom stereocenters. The zero-order chi connectivity index (χ0) is 13.7. The number of likely N-dealkylation sites (N-methyl/N-ethyl adjacent to an activating group) is 1. The van der Waals surface area contributed by atoms with Crippen molar-refractivity contribution in [1.29, 1.82) is 0 Å². The van der Waals surface area contributed by atoms with Crippen LogP contribution in [0.4, 0.5) is 5.82 Å². The lowest BCUT2D eigenvalue weighted by Crippen LogP contribution is -2.48. The highest BCUT2D eigenvalue weighted by Crippen LogP contribution is 2.19. The number of piperidine rings is 1. The lowest BCUT2D eigenvalue weighted by Gasteiger charge is -2.33. The Morgan fingerprint density at radius 1 is 1.37 bits per heavy atom. The van der Waals surface area contributed by atoms with Crippen LogP contribution in [0, 0.1) is 0 Å². The van der Waals surface area contributed by atoms with Gasteiger partial charge < -0.3 is 10.6 Å². The molecule has 1 aromatic rings. The Labute approximate surface area is 113 Å². The number of nitrogens with one attached hydrogen (secondary N) is 2. The van der Waals surface area contributed by atoms with Crippen LogP contribution in [0.15, 0.2) is 12.4 Å². The minimum Gasteiger partial charge on any atom is -0.372 e. The molecule has 104 valence electrons. The fourth-order valence-corrected chi connectivity index (χ4v) is 2.42. The number of likely N-dealkylation sites (tertiary alicyclic amines) is 1. The van der Waals surface area contributed by atoms with Crippen molar-refractivity contribution in [1.82, 2.24) is 20.2 Å². The fourth-order valence-electron chi connectivity index (χ4n) is 2.42. The smallest absolute Gasteiger partial charge is 0.237 e. The normalized spacial score (nSPS) is 20.0. The van der Waals surface area contributed by atoms with Gasteiger partial charge in [0, 0.05) is 20.6 Å². The van der Waals surface area contributed by atoms with Crippen LogP contribution in [0.2, 0.25) is 0 Å². The zero-order valence-corrected chi connectivity index (χ0v) is 11.5. The number of hydrogen-bond acceptors (Lipinski definition) is 5. The zero-order valence-electron chi connectivity index (χ0n) is 11.5. The number of carbonyl (C=O) groups is 1. The standard InChI is InChI=1S/C13H21N5O/c1-14-12-8-16-10(7-17-12)9-18-6-4-3-5-11(18)13(19)15-2/h7-8,11H,3-6,9H2,1-2H3,(H,14,17)(H,15,19). The number of rotatable bonds is 4. The molecule has 1 aliphatic rings. The highest BCUT2D eigenvalue weighted by molar-refractivity contribution is 5.81. The molecule has 6 nitrogen and oxygen atoms in total. The lowest BCUT2D eigenvalue weighted by atomic mass is 10.0. The average molecular weight is 263 g/mol. The predicted octanol–water partition coefficient (Wildman–Crippen LogP) is 0.619. The van der Waals surface area contributed by atoms with E-state index in [4.69, 9.17) is 0 Å². The number of hydrogen-bond donors (Lipinski definition) is 2. The van der Waals surface area contributed by atoms with E-state index in [2.05, 4.69) is 25.5 Å². The van der Waals surface area contributed by atoms with E-state index < -0.39 is 0 Å². The monoisotopic (exact) mass is 263 g/mol. The van der Waals surface area contributed by atoms with Gasteiger partial charge in [-0.05, 0) is 19.4 Å². The number of aromatic nitrogens is 2. The molecule has 0 radical (unpaired) electrons. The molecule has 19 heavy (non-hydrogen) atoms. The average Bonchev–Trinajstić information content (AvgIpc) is 2.48. The molecule has 0 aromatic carbocycles. The van der Waals surface area contributed by atoms with Gasteiger partial charge >= 0.3 is 0 Å². The summed E-state index contributed by atoms with van der Waals surface area (Å²) in [6.45, 7) is 1.61. The van der Waals surface area contributed by atoms with Gasteiger partial charge in [0.25, 0.3) is 0 Å². The van der Waals surface area contributed by atoms with Crippen molar-refractivity contribution in [3.63, 3.8) is 0 Å². The lowest BCUT2D eigenvalue weighted by molar-refractivity contribution is -0.127. The summed E-state index contributed by atoms with van der Waals surface area (Å²) in [6.07, 6.45) is 6.64. The first kappa shape index (κ1) is 13.7. The van der Waals surface area contributed by atoms with Crippen LogP contribution < -0.4 is 10.6 Å². The second-order valence-electron chi connectivity index (χ2n) is 4.74. The molecule has 2 rings (SSSR count). The Morgan fingerprint density at radius 3 is 2.84 bits per heavy atom. The largest absolute Gasteiger partial charge is 0.372 e. The topological polar surface area (TPSA) is 70.2 Å². The van der Waals surface area contributed by atoms with E-state index >= 15 is 0 Å². The minimum atomic E-state index is -0.0375. The van der Waals surface area contributed by atoms with E-state index in [0.29, 0.717) is 6.54 Å². The third-order valence-electron chi connectivity index (χ3n) is 3.49. The van der Waals surface area contributed by atoms with Crippen molar-refractivity contribution < 1.29 is 4.79 Å². The maximum absolute atomic E-state index is 11.9. The van der Waals surface area contributed by atoms with Gasteiger partial charge in [0.05, 0.1) is 24.1 Å². The second-order valence-corrected chi connectivity index (χ2v) is 4.74. The Kier molecular flexibility index (Phi) is 4.68. The van der Waals surface area contributed by atoms with Crippen LogP contribution in [-0.2, 0) is 11.3 Å². The van der Waals surface area contributed by atoms with Gasteiger partial charge in [-0.2, -0.15) is 0 Å². The third kappa shape index (κ3) is 3.41. The summed E-state index contributed by atoms with van der Waals surface area (Å²) in [5, 5.41) is 5.68. The summed E-state index contributed by atoms with van der Waals surface area (Å²) in [5.74, 6) is 0.852. The molecule has 1 aromatic heterocycles. The van der Waals surface area contributed by atoms with Crippen molar-refractivity contribution in [3.8, 4) is 0 Å². The van der Waals surface area contributed by atoms with Crippen molar-refractivity contribution in [2.75, 3.05) is 26.0 Å². The first-order valence-corrected chi connectivity index (χ1v) is 6.69. The van der Waals surface area contributed by atoms with Crippen molar-refractivity contribution in [2.45, 2.75) is 31.8 Å². The Hall–Kier alpha value is -1.69. The molecule has 0 spiro atoms. The van der Waals surface area contributed by atoms with E-state index in [1.807, 2.05) is 7.05 Å². The maximum atomic E-state index is 11.9. The minimum absolute atomic E-state index is 0.0375. The van der Waals surface area contributed by atoms with Crippen LogP contribution in [0.1, 0.15) is 25.0 Å². The second kappa shape index (κ2) is 6.47. The number of anilines is 1. The van der Waals surface area contributed by atoms with Gasteiger partial charge in [0.15, 0.2) is 0 Å². The molecule has 1 aliphatic heterocycles. The SMILES string of the molecule is CNC(=O)C1CCCCN1Cc1cnc(NC)cn1. The van der Waals surface area contributed by atoms with Crippen molar-refractivity contribution in [2.24, 2.45) is 0 Å². The van der Waals surface area contributed by atoms with Crippen LogP contribution in [0.25, 0.3) is 0 Å². The number of amides is 1.